The van der Waals surface area contributed by atoms with E-state index in [2.05, 4.69) is 17.1 Å². The number of carbonyl (C=O) groups excluding carboxylic acids is 2. The Bertz CT molecular complexity index is 304. The normalized spacial score (nSPS) is 24.3. The van der Waals surface area contributed by atoms with Crippen LogP contribution in [0.3, 0.4) is 0 Å². The van der Waals surface area contributed by atoms with Crippen molar-refractivity contribution in [3.8, 4) is 0 Å². The summed E-state index contributed by atoms with van der Waals surface area (Å²) in [5.41, 5.74) is 0. The van der Waals surface area contributed by atoms with Crippen molar-refractivity contribution in [2.75, 3.05) is 6.54 Å². The number of hydrogen-bond acceptors (Lipinski definition) is 3. The summed E-state index contributed by atoms with van der Waals surface area (Å²) < 4.78 is 0. The maximum atomic E-state index is 12.1. The van der Waals surface area contributed by atoms with E-state index in [4.69, 9.17) is 0 Å². The van der Waals surface area contributed by atoms with Gasteiger partial charge in [-0.15, -0.1) is 0 Å². The molecular weight excluding hydrogens is 228 g/mol. The molecule has 0 bridgehead atoms. The smallest absolute Gasteiger partial charge is 0.237 e. The van der Waals surface area contributed by atoms with Crippen LogP contribution in [0.25, 0.3) is 0 Å². The zero-order valence-corrected chi connectivity index (χ0v) is 12.0. The van der Waals surface area contributed by atoms with Gasteiger partial charge in [0.25, 0.3) is 0 Å². The van der Waals surface area contributed by atoms with Crippen LogP contribution >= 0.6 is 0 Å². The minimum absolute atomic E-state index is 0.0394. The summed E-state index contributed by atoms with van der Waals surface area (Å²) in [6.07, 6.45) is 3.97. The fourth-order valence-corrected chi connectivity index (χ4v) is 2.47. The molecule has 1 saturated heterocycles. The van der Waals surface area contributed by atoms with Gasteiger partial charge in [0, 0.05) is 6.04 Å². The van der Waals surface area contributed by atoms with Gasteiger partial charge < -0.3 is 5.32 Å². The summed E-state index contributed by atoms with van der Waals surface area (Å²) in [6.45, 7) is 8.43. The summed E-state index contributed by atoms with van der Waals surface area (Å²) >= 11 is 0. The summed E-state index contributed by atoms with van der Waals surface area (Å²) in [4.78, 5) is 25.8. The number of likely N-dealkylation sites (tertiary alicyclic amines) is 1. The van der Waals surface area contributed by atoms with Crippen LogP contribution in [0.1, 0.15) is 53.4 Å². The van der Waals surface area contributed by atoms with Crippen molar-refractivity contribution >= 4 is 11.7 Å². The number of nitrogens with zero attached hydrogens (tertiary/aromatic N) is 1. The largest absolute Gasteiger partial charge is 0.352 e. The Morgan fingerprint density at radius 1 is 1.33 bits per heavy atom. The summed E-state index contributed by atoms with van der Waals surface area (Å²) in [5.74, 6) is 0.218. The van der Waals surface area contributed by atoms with Gasteiger partial charge in [-0.1, -0.05) is 13.3 Å². The lowest BCUT2D eigenvalue weighted by Gasteiger charge is -2.38. The van der Waals surface area contributed by atoms with E-state index in [1.807, 2.05) is 13.8 Å². The molecule has 0 aromatic carbocycles. The molecule has 18 heavy (non-hydrogen) atoms. The van der Waals surface area contributed by atoms with Crippen LogP contribution < -0.4 is 5.32 Å². The third-order valence-electron chi connectivity index (χ3n) is 3.89. The highest BCUT2D eigenvalue weighted by Gasteiger charge is 2.32. The standard InChI is InChI=1S/C14H26N2O2/c1-5-10(2)15-14(18)11(3)16-9-7-6-8-13(16)12(4)17/h10-11,13H,5-9H2,1-4H3,(H,15,18). The third kappa shape index (κ3) is 3.80. The fraction of sp³-hybridized carbons (Fsp3) is 0.857. The summed E-state index contributed by atoms with van der Waals surface area (Å²) in [6, 6.07) is -0.0925. The molecule has 1 N–H and O–H groups in total. The van der Waals surface area contributed by atoms with Gasteiger partial charge in [0.1, 0.15) is 5.78 Å². The van der Waals surface area contributed by atoms with Gasteiger partial charge in [-0.2, -0.15) is 0 Å². The Hall–Kier alpha value is -0.900. The number of carbonyl (C=O) groups is 2. The number of Topliss-reactive ketones (excluding diaryl/α,β-unsaturated/α-hetero) is 1. The van der Waals surface area contributed by atoms with E-state index in [0.29, 0.717) is 0 Å². The molecule has 4 nitrogen and oxygen atoms in total. The molecule has 4 heteroatoms. The van der Waals surface area contributed by atoms with E-state index in [1.165, 1.54) is 0 Å². The summed E-state index contributed by atoms with van der Waals surface area (Å²) in [5, 5.41) is 2.99. The molecule has 1 aliphatic rings. The van der Waals surface area contributed by atoms with Crippen LogP contribution in [0, 0.1) is 0 Å². The van der Waals surface area contributed by atoms with Crippen LogP contribution in [0.4, 0.5) is 0 Å². The molecule has 0 saturated carbocycles. The van der Waals surface area contributed by atoms with Crippen molar-refractivity contribution in [3.05, 3.63) is 0 Å². The molecule has 0 aromatic rings. The van der Waals surface area contributed by atoms with Gasteiger partial charge in [0.15, 0.2) is 0 Å². The fourth-order valence-electron chi connectivity index (χ4n) is 2.47. The van der Waals surface area contributed by atoms with Gasteiger partial charge in [0.05, 0.1) is 12.1 Å². The molecule has 0 radical (unpaired) electrons. The number of hydrogen-bond donors (Lipinski definition) is 1. The lowest BCUT2D eigenvalue weighted by Crippen LogP contribution is -2.54. The predicted molar refractivity (Wildman–Crippen MR) is 72.4 cm³/mol. The van der Waals surface area contributed by atoms with Gasteiger partial charge >= 0.3 is 0 Å². The van der Waals surface area contributed by atoms with Gasteiger partial charge in [-0.05, 0) is 46.6 Å². The van der Waals surface area contributed by atoms with E-state index in [9.17, 15) is 9.59 Å². The molecule has 0 aliphatic carbocycles. The topological polar surface area (TPSA) is 49.4 Å². The molecule has 1 aliphatic heterocycles. The number of rotatable bonds is 5. The van der Waals surface area contributed by atoms with Gasteiger partial charge in [0.2, 0.25) is 5.91 Å². The highest BCUT2D eigenvalue weighted by atomic mass is 16.2. The number of piperidine rings is 1. The Kier molecular flexibility index (Phi) is 5.79. The average Bonchev–Trinajstić information content (AvgIpc) is 2.37. The van der Waals surface area contributed by atoms with E-state index in [0.717, 1.165) is 32.2 Å². The molecule has 0 aromatic heterocycles. The third-order valence-corrected chi connectivity index (χ3v) is 3.89. The molecule has 3 atom stereocenters. The van der Waals surface area contributed by atoms with Crippen molar-refractivity contribution in [1.29, 1.82) is 0 Å². The summed E-state index contributed by atoms with van der Waals surface area (Å²) in [7, 11) is 0. The lowest BCUT2D eigenvalue weighted by atomic mass is 9.97. The van der Waals surface area contributed by atoms with Crippen molar-refractivity contribution in [2.24, 2.45) is 0 Å². The van der Waals surface area contributed by atoms with Crippen LogP contribution in [0.15, 0.2) is 0 Å². The number of amides is 1. The van der Waals surface area contributed by atoms with E-state index < -0.39 is 0 Å². The van der Waals surface area contributed by atoms with Crippen molar-refractivity contribution < 1.29 is 9.59 Å². The first-order valence-electron chi connectivity index (χ1n) is 7.04. The Morgan fingerprint density at radius 3 is 2.56 bits per heavy atom. The molecule has 1 amide bonds. The van der Waals surface area contributed by atoms with Crippen molar-refractivity contribution in [3.63, 3.8) is 0 Å². The van der Waals surface area contributed by atoms with Crippen molar-refractivity contribution in [1.82, 2.24) is 10.2 Å². The number of nitrogens with one attached hydrogen (secondary N) is 1. The SMILES string of the molecule is CCC(C)NC(=O)C(C)N1CCCCC1C(C)=O. The maximum Gasteiger partial charge on any atom is 0.237 e. The quantitative estimate of drug-likeness (QED) is 0.813. The molecule has 1 fully saturated rings. The van der Waals surface area contributed by atoms with Gasteiger partial charge in [-0.25, -0.2) is 0 Å². The molecule has 1 rings (SSSR count). The highest BCUT2D eigenvalue weighted by Crippen LogP contribution is 2.20. The van der Waals surface area contributed by atoms with E-state index >= 15 is 0 Å². The Labute approximate surface area is 110 Å². The molecule has 104 valence electrons. The second kappa shape index (κ2) is 6.88. The minimum atomic E-state index is -0.215. The second-order valence-electron chi connectivity index (χ2n) is 5.35. The second-order valence-corrected chi connectivity index (χ2v) is 5.35. The lowest BCUT2D eigenvalue weighted by molar-refractivity contribution is -0.131. The van der Waals surface area contributed by atoms with E-state index in [1.54, 1.807) is 6.92 Å². The zero-order chi connectivity index (χ0) is 13.7. The first-order chi connectivity index (χ1) is 8.47. The molecular formula is C14H26N2O2. The zero-order valence-electron chi connectivity index (χ0n) is 12.0. The molecule has 0 spiro atoms. The van der Waals surface area contributed by atoms with Crippen molar-refractivity contribution in [2.45, 2.75) is 71.5 Å². The Balaban J connectivity index is 2.65. The Morgan fingerprint density at radius 2 is 2.00 bits per heavy atom. The first-order valence-corrected chi connectivity index (χ1v) is 7.04. The molecule has 1 heterocycles. The molecule has 3 unspecified atom stereocenters. The van der Waals surface area contributed by atoms with Crippen LogP contribution in [-0.4, -0.2) is 41.3 Å². The maximum absolute atomic E-state index is 12.1. The monoisotopic (exact) mass is 254 g/mol. The van der Waals surface area contributed by atoms with E-state index in [-0.39, 0.29) is 29.8 Å². The van der Waals surface area contributed by atoms with Crippen LogP contribution in [0.2, 0.25) is 0 Å². The highest BCUT2D eigenvalue weighted by molar-refractivity contribution is 5.85. The number of ketones is 1. The average molecular weight is 254 g/mol. The predicted octanol–water partition coefficient (Wildman–Crippen LogP) is 1.73. The minimum Gasteiger partial charge on any atom is -0.352 e. The van der Waals surface area contributed by atoms with Crippen LogP contribution in [-0.2, 0) is 9.59 Å². The first kappa shape index (κ1) is 15.2. The van der Waals surface area contributed by atoms with Gasteiger partial charge in [-0.3, -0.25) is 14.5 Å². The van der Waals surface area contributed by atoms with Crippen LogP contribution in [0.5, 0.6) is 0 Å².